The molecule has 0 aromatic carbocycles. The molecule has 0 aromatic heterocycles. The van der Waals surface area contributed by atoms with Crippen molar-refractivity contribution in [3.8, 4) is 0 Å². The number of hydrogen-bond acceptors (Lipinski definition) is 15. The molecule has 15 nitrogen and oxygen atoms in total. The molecule has 2 aliphatic heterocycles. The van der Waals surface area contributed by atoms with Crippen molar-refractivity contribution >= 4 is 23.5 Å². The monoisotopic (exact) mass is 398 g/mol. The van der Waals surface area contributed by atoms with Gasteiger partial charge in [-0.3, -0.25) is 9.59 Å². The number of aliphatic hydroxyl groups is 8. The zero-order valence-electron chi connectivity index (χ0n) is 13.0. The predicted octanol–water partition coefficient (Wildman–Crippen LogP) is -7.28. The fraction of sp³-hybridized carbons (Fsp3) is 0.667. The first-order valence-corrected chi connectivity index (χ1v) is 6.93. The van der Waals surface area contributed by atoms with E-state index in [0.29, 0.717) is 0 Å². The standard InChI is InChI=1S/C12H14O15/c13-1-9(21,3(15)11(23)7(19)26-11)5(17)25-6(18)10(22,2-14)4(16)12(24)8(20)27-12/h7-8,13-14,19-24H,1-2H2. The first kappa shape index (κ1) is 21.4. The van der Waals surface area contributed by atoms with Gasteiger partial charge in [0.25, 0.3) is 11.6 Å². The van der Waals surface area contributed by atoms with Gasteiger partial charge < -0.3 is 55.1 Å². The lowest BCUT2D eigenvalue weighted by atomic mass is 9.93. The molecule has 2 rings (SSSR count). The molecule has 2 heterocycles. The van der Waals surface area contributed by atoms with Crippen molar-refractivity contribution in [2.45, 2.75) is 35.4 Å². The van der Waals surface area contributed by atoms with Crippen molar-refractivity contribution in [2.75, 3.05) is 13.2 Å². The molecular formula is C12H14O15. The lowest BCUT2D eigenvalue weighted by Crippen LogP contribution is -2.61. The smallest absolute Gasteiger partial charge is 0.356 e. The van der Waals surface area contributed by atoms with Crippen molar-refractivity contribution in [1.82, 2.24) is 0 Å². The van der Waals surface area contributed by atoms with Gasteiger partial charge in [-0.15, -0.1) is 0 Å². The molecular weight excluding hydrogens is 384 g/mol. The van der Waals surface area contributed by atoms with Gasteiger partial charge in [0.15, 0.2) is 0 Å². The maximum atomic E-state index is 11.9. The van der Waals surface area contributed by atoms with E-state index in [1.807, 2.05) is 0 Å². The Hall–Kier alpha value is -1.92. The molecule has 2 saturated heterocycles. The predicted molar refractivity (Wildman–Crippen MR) is 69.3 cm³/mol. The second-order valence-corrected chi connectivity index (χ2v) is 5.71. The minimum absolute atomic E-state index is 1.80. The average Bonchev–Trinajstić information content (AvgIpc) is 3.46. The van der Waals surface area contributed by atoms with E-state index in [2.05, 4.69) is 14.2 Å². The van der Waals surface area contributed by atoms with E-state index >= 15 is 0 Å². The van der Waals surface area contributed by atoms with Crippen LogP contribution in [0.5, 0.6) is 0 Å². The van der Waals surface area contributed by atoms with E-state index in [1.165, 1.54) is 0 Å². The normalized spacial score (nSPS) is 36.1. The first-order chi connectivity index (χ1) is 12.2. The zero-order chi connectivity index (χ0) is 21.0. The third-order valence-corrected chi connectivity index (χ3v) is 3.86. The molecule has 0 spiro atoms. The van der Waals surface area contributed by atoms with Gasteiger partial charge in [-0.2, -0.15) is 0 Å². The summed E-state index contributed by atoms with van der Waals surface area (Å²) in [6, 6.07) is 0. The van der Waals surface area contributed by atoms with Crippen LogP contribution in [0.15, 0.2) is 0 Å². The Morgan fingerprint density at radius 2 is 1.07 bits per heavy atom. The number of epoxide rings is 2. The molecule has 6 unspecified atom stereocenters. The molecule has 6 atom stereocenters. The molecule has 8 N–H and O–H groups in total. The quantitative estimate of drug-likeness (QED) is 0.107. The Kier molecular flexibility index (Phi) is 5.00. The third kappa shape index (κ3) is 3.05. The number of rotatable bonds is 8. The van der Waals surface area contributed by atoms with Crippen molar-refractivity contribution in [1.29, 1.82) is 0 Å². The number of Topliss-reactive ketones (excluding diaryl/α,β-unsaturated/α-hetero) is 2. The van der Waals surface area contributed by atoms with Gasteiger partial charge in [-0.1, -0.05) is 0 Å². The Morgan fingerprint density at radius 1 is 0.815 bits per heavy atom. The van der Waals surface area contributed by atoms with Gasteiger partial charge in [0, 0.05) is 0 Å². The Morgan fingerprint density at radius 3 is 1.26 bits per heavy atom. The van der Waals surface area contributed by atoms with Crippen LogP contribution < -0.4 is 0 Å². The fourth-order valence-electron chi connectivity index (χ4n) is 1.91. The van der Waals surface area contributed by atoms with E-state index in [0.717, 1.165) is 0 Å². The molecule has 0 aliphatic carbocycles. The van der Waals surface area contributed by atoms with Gasteiger partial charge >= 0.3 is 11.9 Å². The minimum Gasteiger partial charge on any atom is -0.392 e. The van der Waals surface area contributed by atoms with Crippen molar-refractivity contribution in [3.05, 3.63) is 0 Å². The van der Waals surface area contributed by atoms with E-state index < -0.39 is 72.1 Å². The molecule has 0 amide bonds. The lowest BCUT2D eigenvalue weighted by Gasteiger charge is -2.26. The molecule has 2 fully saturated rings. The summed E-state index contributed by atoms with van der Waals surface area (Å²) in [5.74, 6) is -14.9. The molecule has 0 bridgehead atoms. The summed E-state index contributed by atoms with van der Waals surface area (Å²) in [5.41, 5.74) is -7.37. The molecule has 2 aliphatic rings. The maximum Gasteiger partial charge on any atom is 0.356 e. The van der Waals surface area contributed by atoms with Gasteiger partial charge in [0.2, 0.25) is 35.3 Å². The highest BCUT2D eigenvalue weighted by molar-refractivity contribution is 6.17. The summed E-state index contributed by atoms with van der Waals surface area (Å²) in [7, 11) is 0. The van der Waals surface area contributed by atoms with Gasteiger partial charge in [0.05, 0.1) is 13.2 Å². The van der Waals surface area contributed by atoms with E-state index in [4.69, 9.17) is 20.4 Å². The summed E-state index contributed by atoms with van der Waals surface area (Å²) >= 11 is 0. The second kappa shape index (κ2) is 6.31. The number of carbonyl (C=O) groups is 4. The highest BCUT2D eigenvalue weighted by Crippen LogP contribution is 2.37. The largest absolute Gasteiger partial charge is 0.392 e. The van der Waals surface area contributed by atoms with E-state index in [1.54, 1.807) is 0 Å². The molecule has 152 valence electrons. The number of esters is 2. The Balaban J connectivity index is 2.20. The molecule has 27 heavy (non-hydrogen) atoms. The average molecular weight is 398 g/mol. The second-order valence-electron chi connectivity index (χ2n) is 5.71. The van der Waals surface area contributed by atoms with Crippen LogP contribution in [0.1, 0.15) is 0 Å². The number of hydrogen-bond donors (Lipinski definition) is 8. The van der Waals surface area contributed by atoms with Crippen LogP contribution in [0.25, 0.3) is 0 Å². The number of ketones is 2. The van der Waals surface area contributed by atoms with Crippen LogP contribution in [0, 0.1) is 0 Å². The van der Waals surface area contributed by atoms with Gasteiger partial charge in [-0.25, -0.2) is 9.59 Å². The number of aliphatic hydroxyl groups excluding tert-OH is 4. The molecule has 0 aromatic rings. The number of carbonyl (C=O) groups excluding carboxylic acids is 4. The van der Waals surface area contributed by atoms with Gasteiger partial charge in [0.1, 0.15) is 0 Å². The Bertz CT molecular complexity index is 647. The third-order valence-electron chi connectivity index (χ3n) is 3.86. The summed E-state index contributed by atoms with van der Waals surface area (Å²) in [4.78, 5) is 47.4. The molecule has 0 saturated carbocycles. The van der Waals surface area contributed by atoms with E-state index in [-0.39, 0.29) is 0 Å². The van der Waals surface area contributed by atoms with Crippen LogP contribution in [0.2, 0.25) is 0 Å². The van der Waals surface area contributed by atoms with Crippen LogP contribution in [0.4, 0.5) is 0 Å². The number of ether oxygens (including phenoxy) is 3. The maximum absolute atomic E-state index is 11.9. The van der Waals surface area contributed by atoms with E-state index in [9.17, 15) is 39.6 Å². The Labute approximate surface area is 147 Å². The topological polar surface area (TPSA) is 264 Å². The minimum atomic E-state index is -3.69. The fourth-order valence-corrected chi connectivity index (χ4v) is 1.91. The van der Waals surface area contributed by atoms with Crippen LogP contribution in [-0.4, -0.2) is 113 Å². The molecule has 15 heteroatoms. The molecule has 0 radical (unpaired) electrons. The van der Waals surface area contributed by atoms with Crippen molar-refractivity contribution in [2.24, 2.45) is 0 Å². The van der Waals surface area contributed by atoms with Crippen LogP contribution >= 0.6 is 0 Å². The van der Waals surface area contributed by atoms with Gasteiger partial charge in [-0.05, 0) is 0 Å². The highest BCUT2D eigenvalue weighted by Gasteiger charge is 2.71. The highest BCUT2D eigenvalue weighted by atomic mass is 16.8. The zero-order valence-corrected chi connectivity index (χ0v) is 13.0. The first-order valence-electron chi connectivity index (χ1n) is 6.93. The van der Waals surface area contributed by atoms with Crippen LogP contribution in [-0.2, 0) is 33.4 Å². The van der Waals surface area contributed by atoms with Crippen molar-refractivity contribution in [3.63, 3.8) is 0 Å². The lowest BCUT2D eigenvalue weighted by molar-refractivity contribution is -0.197. The summed E-state index contributed by atoms with van der Waals surface area (Å²) in [6.45, 7) is -3.60. The summed E-state index contributed by atoms with van der Waals surface area (Å²) in [5, 5.41) is 74.7. The SMILES string of the molecule is O=C(OC(=O)C(O)(CO)C(=O)C1(O)OC1O)C(O)(CO)C(=O)C1(O)OC1O. The summed E-state index contributed by atoms with van der Waals surface area (Å²) in [6.07, 6.45) is -4.32. The van der Waals surface area contributed by atoms with Crippen molar-refractivity contribution < 1.29 is 74.2 Å². The van der Waals surface area contributed by atoms with Crippen LogP contribution in [0.3, 0.4) is 0 Å². The summed E-state index contributed by atoms with van der Waals surface area (Å²) < 4.78 is 12.0.